The molecule has 0 radical (unpaired) electrons. The fourth-order valence-corrected chi connectivity index (χ4v) is 1.91. The highest BCUT2D eigenvalue weighted by molar-refractivity contribution is 5.58. The van der Waals surface area contributed by atoms with Crippen LogP contribution >= 0.6 is 0 Å². The summed E-state index contributed by atoms with van der Waals surface area (Å²) in [4.78, 5) is 0. The Morgan fingerprint density at radius 2 is 2.35 bits per heavy atom. The van der Waals surface area contributed by atoms with E-state index in [2.05, 4.69) is 5.32 Å². The van der Waals surface area contributed by atoms with E-state index in [0.717, 1.165) is 0 Å². The maximum atomic E-state index is 13.0. The van der Waals surface area contributed by atoms with Crippen LogP contribution in [0.15, 0.2) is 18.2 Å². The predicted octanol–water partition coefficient (Wildman–Crippen LogP) is 2.53. The van der Waals surface area contributed by atoms with Crippen LogP contribution in [0.25, 0.3) is 0 Å². The summed E-state index contributed by atoms with van der Waals surface area (Å²) in [5.41, 5.74) is 1.02. The molecule has 1 aromatic rings. The molecule has 90 valence electrons. The molecule has 0 amide bonds. The number of anilines is 1. The van der Waals surface area contributed by atoms with Crippen molar-refractivity contribution in [1.82, 2.24) is 0 Å². The lowest BCUT2D eigenvalue weighted by Gasteiger charge is -2.19. The summed E-state index contributed by atoms with van der Waals surface area (Å²) in [6.07, 6.45) is 2.37. The number of nitrogens with zero attached hydrogens (tertiary/aromatic N) is 1. The van der Waals surface area contributed by atoms with E-state index in [0.29, 0.717) is 23.8 Å². The van der Waals surface area contributed by atoms with Crippen molar-refractivity contribution in [2.45, 2.75) is 18.9 Å². The third-order valence-corrected chi connectivity index (χ3v) is 2.98. The van der Waals surface area contributed by atoms with E-state index in [1.54, 1.807) is 13.2 Å². The van der Waals surface area contributed by atoms with Gasteiger partial charge in [-0.15, -0.1) is 0 Å². The van der Waals surface area contributed by atoms with Gasteiger partial charge in [0.15, 0.2) is 0 Å². The Hall–Kier alpha value is -1.60. The lowest BCUT2D eigenvalue weighted by Crippen LogP contribution is -2.27. The van der Waals surface area contributed by atoms with Crippen LogP contribution in [0.2, 0.25) is 0 Å². The molecule has 0 aromatic heterocycles. The molecule has 0 aliphatic heterocycles. The highest BCUT2D eigenvalue weighted by atomic mass is 19.1. The zero-order chi connectivity index (χ0) is 12.3. The molecule has 1 N–H and O–H groups in total. The summed E-state index contributed by atoms with van der Waals surface area (Å²) < 4.78 is 18.1. The van der Waals surface area contributed by atoms with E-state index in [1.165, 1.54) is 25.0 Å². The van der Waals surface area contributed by atoms with Gasteiger partial charge in [-0.1, -0.05) is 0 Å². The van der Waals surface area contributed by atoms with Crippen molar-refractivity contribution in [3.63, 3.8) is 0 Å². The molecule has 0 bridgehead atoms. The quantitative estimate of drug-likeness (QED) is 0.851. The minimum absolute atomic E-state index is 0.206. The molecule has 0 saturated heterocycles. The van der Waals surface area contributed by atoms with Crippen molar-refractivity contribution in [3.8, 4) is 6.07 Å². The lowest BCUT2D eigenvalue weighted by molar-refractivity contribution is 0.179. The fourth-order valence-electron chi connectivity index (χ4n) is 1.91. The van der Waals surface area contributed by atoms with Gasteiger partial charge in [0.2, 0.25) is 0 Å². The summed E-state index contributed by atoms with van der Waals surface area (Å²) in [5.74, 6) is 0.216. The minimum Gasteiger partial charge on any atom is -0.383 e. The summed E-state index contributed by atoms with van der Waals surface area (Å²) in [5, 5.41) is 12.2. The van der Waals surface area contributed by atoms with Crippen LogP contribution in [-0.4, -0.2) is 19.8 Å². The predicted molar refractivity (Wildman–Crippen MR) is 63.1 cm³/mol. The van der Waals surface area contributed by atoms with Gasteiger partial charge in [-0.05, 0) is 37.0 Å². The Kier molecular flexibility index (Phi) is 3.60. The van der Waals surface area contributed by atoms with Crippen molar-refractivity contribution in [2.24, 2.45) is 5.92 Å². The third-order valence-electron chi connectivity index (χ3n) is 2.98. The van der Waals surface area contributed by atoms with E-state index < -0.39 is 0 Å². The van der Waals surface area contributed by atoms with Crippen LogP contribution in [0.5, 0.6) is 0 Å². The molecule has 17 heavy (non-hydrogen) atoms. The van der Waals surface area contributed by atoms with E-state index in [-0.39, 0.29) is 11.9 Å². The Balaban J connectivity index is 2.13. The monoisotopic (exact) mass is 234 g/mol. The first kappa shape index (κ1) is 11.9. The van der Waals surface area contributed by atoms with Crippen LogP contribution in [-0.2, 0) is 4.74 Å². The Bertz CT molecular complexity index is 438. The summed E-state index contributed by atoms with van der Waals surface area (Å²) in [7, 11) is 1.66. The van der Waals surface area contributed by atoms with Gasteiger partial charge in [0.1, 0.15) is 11.9 Å². The average Bonchev–Trinajstić information content (AvgIpc) is 3.14. The molecule has 2 rings (SSSR count). The van der Waals surface area contributed by atoms with Crippen molar-refractivity contribution in [1.29, 1.82) is 5.26 Å². The molecule has 0 spiro atoms. The first-order chi connectivity index (χ1) is 8.24. The van der Waals surface area contributed by atoms with Crippen molar-refractivity contribution in [2.75, 3.05) is 19.0 Å². The molecule has 1 atom stereocenters. The van der Waals surface area contributed by atoms with E-state index in [4.69, 9.17) is 10.00 Å². The maximum Gasteiger partial charge on any atom is 0.124 e. The molecule has 1 unspecified atom stereocenters. The summed E-state index contributed by atoms with van der Waals surface area (Å²) >= 11 is 0. The second-order valence-corrected chi connectivity index (χ2v) is 4.35. The largest absolute Gasteiger partial charge is 0.383 e. The van der Waals surface area contributed by atoms with Gasteiger partial charge in [0.25, 0.3) is 0 Å². The van der Waals surface area contributed by atoms with Gasteiger partial charge in [-0.3, -0.25) is 0 Å². The summed E-state index contributed by atoms with van der Waals surface area (Å²) in [6, 6.07) is 6.43. The standard InChI is InChI=1S/C13H15FN2O/c1-17-8-13(9-2-3-9)16-12-5-4-11(14)6-10(12)7-15/h4-6,9,13,16H,2-3,8H2,1H3. The van der Waals surface area contributed by atoms with Crippen LogP contribution in [0.4, 0.5) is 10.1 Å². The van der Waals surface area contributed by atoms with Crippen LogP contribution in [0.1, 0.15) is 18.4 Å². The normalized spacial score (nSPS) is 16.3. The number of hydrogen-bond donors (Lipinski definition) is 1. The molecule has 1 fully saturated rings. The Morgan fingerprint density at radius 3 is 2.94 bits per heavy atom. The minimum atomic E-state index is -0.387. The molecule has 3 nitrogen and oxygen atoms in total. The van der Waals surface area contributed by atoms with Crippen LogP contribution in [0.3, 0.4) is 0 Å². The number of nitrogens with one attached hydrogen (secondary N) is 1. The zero-order valence-electron chi connectivity index (χ0n) is 9.74. The summed E-state index contributed by atoms with van der Waals surface area (Å²) in [6.45, 7) is 0.604. The first-order valence-corrected chi connectivity index (χ1v) is 5.69. The number of nitriles is 1. The van der Waals surface area contributed by atoms with Crippen molar-refractivity contribution in [3.05, 3.63) is 29.6 Å². The molecule has 1 aliphatic carbocycles. The lowest BCUT2D eigenvalue weighted by atomic mass is 10.1. The average molecular weight is 234 g/mol. The smallest absolute Gasteiger partial charge is 0.124 e. The number of rotatable bonds is 5. The second-order valence-electron chi connectivity index (χ2n) is 4.35. The number of benzene rings is 1. The van der Waals surface area contributed by atoms with Gasteiger partial charge in [-0.25, -0.2) is 4.39 Å². The number of hydrogen-bond acceptors (Lipinski definition) is 3. The van der Waals surface area contributed by atoms with E-state index >= 15 is 0 Å². The fraction of sp³-hybridized carbons (Fsp3) is 0.462. The van der Waals surface area contributed by atoms with E-state index in [1.807, 2.05) is 6.07 Å². The van der Waals surface area contributed by atoms with Crippen molar-refractivity contribution >= 4 is 5.69 Å². The first-order valence-electron chi connectivity index (χ1n) is 5.69. The SMILES string of the molecule is COCC(Nc1ccc(F)cc1C#N)C1CC1. The van der Waals surface area contributed by atoms with Gasteiger partial charge in [-0.2, -0.15) is 5.26 Å². The third kappa shape index (κ3) is 2.95. The van der Waals surface area contributed by atoms with Gasteiger partial charge in [0, 0.05) is 7.11 Å². The molecule has 1 aliphatic rings. The van der Waals surface area contributed by atoms with Gasteiger partial charge in [0.05, 0.1) is 23.9 Å². The maximum absolute atomic E-state index is 13.0. The molecule has 0 heterocycles. The molecule has 4 heteroatoms. The zero-order valence-corrected chi connectivity index (χ0v) is 9.74. The van der Waals surface area contributed by atoms with Crippen LogP contribution in [0, 0.1) is 23.1 Å². The van der Waals surface area contributed by atoms with Gasteiger partial charge >= 0.3 is 0 Å². The second kappa shape index (κ2) is 5.15. The Morgan fingerprint density at radius 1 is 1.59 bits per heavy atom. The van der Waals surface area contributed by atoms with Crippen molar-refractivity contribution < 1.29 is 9.13 Å². The highest BCUT2D eigenvalue weighted by Gasteiger charge is 2.31. The topological polar surface area (TPSA) is 45.0 Å². The number of methoxy groups -OCH3 is 1. The van der Waals surface area contributed by atoms with Gasteiger partial charge < -0.3 is 10.1 Å². The Labute approximate surface area is 100 Å². The molecular weight excluding hydrogens is 219 g/mol. The van der Waals surface area contributed by atoms with Crippen LogP contribution < -0.4 is 5.32 Å². The number of halogens is 1. The molecular formula is C13H15FN2O. The van der Waals surface area contributed by atoms with E-state index in [9.17, 15) is 4.39 Å². The molecule has 1 saturated carbocycles. The number of ether oxygens (including phenoxy) is 1. The molecule has 1 aromatic carbocycles. The highest BCUT2D eigenvalue weighted by Crippen LogP contribution is 2.34.